The van der Waals surface area contributed by atoms with Crippen molar-refractivity contribution in [2.45, 2.75) is 6.10 Å². The standard InChI is InChI=1S/C15H20Cl2N2O4S/c1-24(21,22)9-14(20)19-8-11-7-18-4-5-23-15(11)10-2-3-12(16)13(17)6-10/h2-3,6,11,15,18H,4-5,7-9H2,1H3,(H,19,20)/t11-,15-/m0/s1. The van der Waals surface area contributed by atoms with E-state index in [2.05, 4.69) is 10.6 Å². The summed E-state index contributed by atoms with van der Waals surface area (Å²) in [5.74, 6) is -1.10. The van der Waals surface area contributed by atoms with Crippen LogP contribution in [-0.2, 0) is 19.4 Å². The van der Waals surface area contributed by atoms with Gasteiger partial charge in [0.1, 0.15) is 5.75 Å². The van der Waals surface area contributed by atoms with Crippen molar-refractivity contribution in [1.82, 2.24) is 10.6 Å². The second-order valence-corrected chi connectivity index (χ2v) is 8.76. The Hall–Kier alpha value is -0.860. The van der Waals surface area contributed by atoms with Gasteiger partial charge in [0.15, 0.2) is 9.84 Å². The molecule has 9 heteroatoms. The van der Waals surface area contributed by atoms with Crippen molar-refractivity contribution in [3.05, 3.63) is 33.8 Å². The van der Waals surface area contributed by atoms with Crippen molar-refractivity contribution in [2.75, 3.05) is 38.2 Å². The average molecular weight is 395 g/mol. The molecule has 1 heterocycles. The summed E-state index contributed by atoms with van der Waals surface area (Å²) in [6.07, 6.45) is 0.759. The summed E-state index contributed by atoms with van der Waals surface area (Å²) in [4.78, 5) is 11.7. The van der Waals surface area contributed by atoms with Gasteiger partial charge in [-0.05, 0) is 17.7 Å². The number of benzene rings is 1. The fourth-order valence-corrected chi connectivity index (χ4v) is 3.44. The lowest BCUT2D eigenvalue weighted by Gasteiger charge is -2.25. The Bertz CT molecular complexity index is 697. The summed E-state index contributed by atoms with van der Waals surface area (Å²) in [6, 6.07) is 5.31. The first kappa shape index (κ1) is 19.5. The van der Waals surface area contributed by atoms with Crippen LogP contribution in [0.1, 0.15) is 11.7 Å². The molecule has 1 aromatic carbocycles. The molecule has 134 valence electrons. The molecule has 6 nitrogen and oxygen atoms in total. The molecule has 0 radical (unpaired) electrons. The third-order valence-electron chi connectivity index (χ3n) is 3.64. The Morgan fingerprint density at radius 3 is 2.79 bits per heavy atom. The quantitative estimate of drug-likeness (QED) is 0.788. The van der Waals surface area contributed by atoms with E-state index < -0.39 is 21.5 Å². The van der Waals surface area contributed by atoms with Crippen molar-refractivity contribution >= 4 is 38.9 Å². The van der Waals surface area contributed by atoms with Gasteiger partial charge in [-0.2, -0.15) is 0 Å². The highest BCUT2D eigenvalue weighted by atomic mass is 35.5. The van der Waals surface area contributed by atoms with Gasteiger partial charge in [-0.3, -0.25) is 4.79 Å². The van der Waals surface area contributed by atoms with Crippen LogP contribution in [0.5, 0.6) is 0 Å². The van der Waals surface area contributed by atoms with E-state index in [1.807, 2.05) is 6.07 Å². The topological polar surface area (TPSA) is 84.5 Å². The number of nitrogens with one attached hydrogen (secondary N) is 2. The van der Waals surface area contributed by atoms with E-state index in [0.717, 1.165) is 11.8 Å². The largest absolute Gasteiger partial charge is 0.372 e. The van der Waals surface area contributed by atoms with Crippen molar-refractivity contribution in [2.24, 2.45) is 5.92 Å². The molecule has 0 unspecified atom stereocenters. The number of hydrogen-bond donors (Lipinski definition) is 2. The average Bonchev–Trinajstić information content (AvgIpc) is 2.71. The van der Waals surface area contributed by atoms with Crippen LogP contribution in [-0.4, -0.2) is 52.6 Å². The zero-order valence-corrected chi connectivity index (χ0v) is 15.5. The van der Waals surface area contributed by atoms with Crippen LogP contribution in [0.15, 0.2) is 18.2 Å². The predicted octanol–water partition coefficient (Wildman–Crippen LogP) is 1.43. The van der Waals surface area contributed by atoms with Gasteiger partial charge in [0, 0.05) is 31.8 Å². The first-order valence-electron chi connectivity index (χ1n) is 7.48. The molecule has 0 saturated carbocycles. The lowest BCUT2D eigenvalue weighted by atomic mass is 9.95. The fraction of sp³-hybridized carbons (Fsp3) is 0.533. The van der Waals surface area contributed by atoms with Crippen LogP contribution >= 0.6 is 23.2 Å². The lowest BCUT2D eigenvalue weighted by Crippen LogP contribution is -2.38. The number of carbonyl (C=O) groups is 1. The highest BCUT2D eigenvalue weighted by Gasteiger charge is 2.27. The zero-order chi connectivity index (χ0) is 17.7. The zero-order valence-electron chi connectivity index (χ0n) is 13.2. The van der Waals surface area contributed by atoms with Crippen molar-refractivity contribution in [1.29, 1.82) is 0 Å². The molecule has 1 saturated heterocycles. The van der Waals surface area contributed by atoms with E-state index in [1.165, 1.54) is 0 Å². The lowest BCUT2D eigenvalue weighted by molar-refractivity contribution is -0.119. The Morgan fingerprint density at radius 2 is 2.12 bits per heavy atom. The number of carbonyl (C=O) groups excluding carboxylic acids is 1. The minimum absolute atomic E-state index is 0.0618. The van der Waals surface area contributed by atoms with Gasteiger partial charge in [0.05, 0.1) is 22.8 Å². The fourth-order valence-electron chi connectivity index (χ4n) is 2.56. The molecule has 1 aromatic rings. The molecule has 1 amide bonds. The Labute approximate surface area is 151 Å². The number of ether oxygens (including phenoxy) is 1. The summed E-state index contributed by atoms with van der Waals surface area (Å²) < 4.78 is 28.3. The highest BCUT2D eigenvalue weighted by Crippen LogP contribution is 2.31. The van der Waals surface area contributed by atoms with E-state index in [4.69, 9.17) is 27.9 Å². The van der Waals surface area contributed by atoms with Crippen LogP contribution in [0.25, 0.3) is 0 Å². The van der Waals surface area contributed by atoms with Crippen LogP contribution < -0.4 is 10.6 Å². The molecule has 0 bridgehead atoms. The van der Waals surface area contributed by atoms with Crippen LogP contribution in [0.3, 0.4) is 0 Å². The van der Waals surface area contributed by atoms with Crippen molar-refractivity contribution in [3.8, 4) is 0 Å². The minimum Gasteiger partial charge on any atom is -0.372 e. The van der Waals surface area contributed by atoms with Crippen LogP contribution in [0.2, 0.25) is 10.0 Å². The molecule has 1 fully saturated rings. The van der Waals surface area contributed by atoms with Crippen LogP contribution in [0, 0.1) is 5.92 Å². The smallest absolute Gasteiger partial charge is 0.235 e. The van der Waals surface area contributed by atoms with Gasteiger partial charge >= 0.3 is 0 Å². The Balaban J connectivity index is 2.09. The van der Waals surface area contributed by atoms with E-state index >= 15 is 0 Å². The maximum Gasteiger partial charge on any atom is 0.235 e. The van der Waals surface area contributed by atoms with Gasteiger partial charge in [0.2, 0.25) is 5.91 Å². The van der Waals surface area contributed by atoms with Gasteiger partial charge in [-0.25, -0.2) is 8.42 Å². The highest BCUT2D eigenvalue weighted by molar-refractivity contribution is 7.91. The third-order valence-corrected chi connectivity index (χ3v) is 5.16. The summed E-state index contributed by atoms with van der Waals surface area (Å²) in [5.41, 5.74) is 0.871. The predicted molar refractivity (Wildman–Crippen MR) is 94.2 cm³/mol. The monoisotopic (exact) mass is 394 g/mol. The summed E-state index contributed by atoms with van der Waals surface area (Å²) in [7, 11) is -3.35. The number of amides is 1. The van der Waals surface area contributed by atoms with Crippen LogP contribution in [0.4, 0.5) is 0 Å². The maximum atomic E-state index is 11.7. The minimum atomic E-state index is -3.35. The molecule has 2 N–H and O–H groups in total. The molecule has 1 aliphatic rings. The first-order valence-corrected chi connectivity index (χ1v) is 10.3. The second kappa shape index (κ2) is 8.49. The summed E-state index contributed by atoms with van der Waals surface area (Å²) in [5, 5.41) is 6.81. The SMILES string of the molecule is CS(=O)(=O)CC(=O)NC[C@@H]1CNCCO[C@H]1c1ccc(Cl)c(Cl)c1. The third kappa shape index (κ3) is 5.89. The Kier molecular flexibility index (Phi) is 6.88. The number of sulfone groups is 1. The molecule has 0 spiro atoms. The van der Waals surface area contributed by atoms with Gasteiger partial charge in [0.25, 0.3) is 0 Å². The van der Waals surface area contributed by atoms with E-state index in [0.29, 0.717) is 36.3 Å². The number of hydrogen-bond acceptors (Lipinski definition) is 5. The first-order chi connectivity index (χ1) is 11.3. The molecule has 1 aliphatic heterocycles. The second-order valence-electron chi connectivity index (χ2n) is 5.80. The molecule has 24 heavy (non-hydrogen) atoms. The van der Waals surface area contributed by atoms with Gasteiger partial charge in [-0.1, -0.05) is 29.3 Å². The molecular weight excluding hydrogens is 375 g/mol. The normalized spacial score (nSPS) is 22.0. The van der Waals surface area contributed by atoms with Gasteiger partial charge < -0.3 is 15.4 Å². The molecule has 0 aromatic heterocycles. The number of halogens is 2. The molecule has 0 aliphatic carbocycles. The number of rotatable bonds is 5. The molecule has 2 rings (SSSR count). The summed E-state index contributed by atoms with van der Waals surface area (Å²) >= 11 is 12.0. The molecule has 2 atom stereocenters. The van der Waals surface area contributed by atoms with E-state index in [9.17, 15) is 13.2 Å². The van der Waals surface area contributed by atoms with Crippen molar-refractivity contribution in [3.63, 3.8) is 0 Å². The van der Waals surface area contributed by atoms with E-state index in [1.54, 1.807) is 12.1 Å². The van der Waals surface area contributed by atoms with Gasteiger partial charge in [-0.15, -0.1) is 0 Å². The van der Waals surface area contributed by atoms with E-state index in [-0.39, 0.29) is 12.0 Å². The summed E-state index contributed by atoms with van der Waals surface area (Å²) in [6.45, 7) is 2.15. The molecular formula is C15H20Cl2N2O4S. The van der Waals surface area contributed by atoms with Crippen molar-refractivity contribution < 1.29 is 17.9 Å². The maximum absolute atomic E-state index is 11.7. The Morgan fingerprint density at radius 1 is 1.38 bits per heavy atom.